The number of hydrogen-bond acceptors (Lipinski definition) is 4. The van der Waals surface area contributed by atoms with Crippen LogP contribution in [0.5, 0.6) is 0 Å². The van der Waals surface area contributed by atoms with Crippen molar-refractivity contribution in [3.05, 3.63) is 62.4 Å². The van der Waals surface area contributed by atoms with E-state index in [1.54, 1.807) is 5.38 Å². The number of nitrogens with one attached hydrogen (secondary N) is 3. The molecule has 3 N–H and O–H groups in total. The summed E-state index contributed by atoms with van der Waals surface area (Å²) in [6.07, 6.45) is -3.50. The summed E-state index contributed by atoms with van der Waals surface area (Å²) in [5.74, 6) is -0.494. The normalized spacial score (nSPS) is 18.2. The van der Waals surface area contributed by atoms with E-state index in [-0.39, 0.29) is 30.6 Å². The van der Waals surface area contributed by atoms with Gasteiger partial charge in [0.05, 0.1) is 22.7 Å². The van der Waals surface area contributed by atoms with Gasteiger partial charge in [0.2, 0.25) is 5.91 Å². The second-order valence-corrected chi connectivity index (χ2v) is 9.00. The van der Waals surface area contributed by atoms with Crippen molar-refractivity contribution < 1.29 is 27.6 Å². The second kappa shape index (κ2) is 8.71. The van der Waals surface area contributed by atoms with E-state index >= 15 is 0 Å². The summed E-state index contributed by atoms with van der Waals surface area (Å²) >= 11 is 6.98. The molecule has 1 fully saturated rings. The van der Waals surface area contributed by atoms with Crippen molar-refractivity contribution in [2.24, 2.45) is 0 Å². The summed E-state index contributed by atoms with van der Waals surface area (Å²) < 4.78 is 38.4. The van der Waals surface area contributed by atoms with Gasteiger partial charge < -0.3 is 20.9 Å². The van der Waals surface area contributed by atoms with Crippen molar-refractivity contribution in [3.8, 4) is 0 Å². The zero-order chi connectivity index (χ0) is 23.9. The Hall–Kier alpha value is -3.05. The van der Waals surface area contributed by atoms with Crippen LogP contribution in [0.1, 0.15) is 39.2 Å². The molecular weight excluding hydrogens is 481 g/mol. The van der Waals surface area contributed by atoms with Crippen LogP contribution >= 0.6 is 22.9 Å². The second-order valence-electron chi connectivity index (χ2n) is 7.63. The molecule has 0 saturated carbocycles. The SMILES string of the molecule is C=C1CCC(N2Cc3c(csc3CNC(=O)Nc3ccc(C(F)(F)F)c(Cl)c3)C2=O)C(=O)N1. The quantitative estimate of drug-likeness (QED) is 0.580. The van der Waals surface area contributed by atoms with Gasteiger partial charge in [0, 0.05) is 28.2 Å². The lowest BCUT2D eigenvalue weighted by Gasteiger charge is -2.31. The van der Waals surface area contributed by atoms with Crippen LogP contribution in [0.2, 0.25) is 5.02 Å². The number of allylic oxidation sites excluding steroid dienone is 1. The van der Waals surface area contributed by atoms with E-state index in [4.69, 9.17) is 11.6 Å². The number of halogens is 4. The third-order valence-electron chi connectivity index (χ3n) is 5.44. The number of hydrogen-bond donors (Lipinski definition) is 3. The Labute approximate surface area is 195 Å². The molecular formula is C21H18ClF3N4O3S. The van der Waals surface area contributed by atoms with Crippen molar-refractivity contribution in [2.45, 2.75) is 38.1 Å². The van der Waals surface area contributed by atoms with Crippen molar-refractivity contribution in [3.63, 3.8) is 0 Å². The minimum absolute atomic E-state index is 0.105. The fourth-order valence-corrected chi connectivity index (χ4v) is 5.05. The summed E-state index contributed by atoms with van der Waals surface area (Å²) in [5.41, 5.74) is 0.994. The Bertz CT molecular complexity index is 1160. The van der Waals surface area contributed by atoms with Gasteiger partial charge in [-0.25, -0.2) is 4.79 Å². The third-order valence-corrected chi connectivity index (χ3v) is 6.78. The average Bonchev–Trinajstić information content (AvgIpc) is 3.26. The van der Waals surface area contributed by atoms with Crippen LogP contribution < -0.4 is 16.0 Å². The van der Waals surface area contributed by atoms with Crippen LogP contribution in [-0.4, -0.2) is 28.8 Å². The van der Waals surface area contributed by atoms with Gasteiger partial charge >= 0.3 is 12.2 Å². The Morgan fingerprint density at radius 1 is 1.33 bits per heavy atom. The third kappa shape index (κ3) is 4.69. The lowest BCUT2D eigenvalue weighted by atomic mass is 10.0. The minimum Gasteiger partial charge on any atom is -0.333 e. The van der Waals surface area contributed by atoms with Crippen LogP contribution in [0.15, 0.2) is 35.9 Å². The molecule has 3 heterocycles. The molecule has 2 aliphatic heterocycles. The molecule has 0 spiro atoms. The molecule has 0 aliphatic carbocycles. The molecule has 0 radical (unpaired) electrons. The molecule has 1 unspecified atom stereocenters. The van der Waals surface area contributed by atoms with Gasteiger partial charge in [0.1, 0.15) is 6.04 Å². The van der Waals surface area contributed by atoms with Gasteiger partial charge in [-0.2, -0.15) is 13.2 Å². The van der Waals surface area contributed by atoms with Crippen LogP contribution in [-0.2, 0) is 24.1 Å². The molecule has 1 aromatic carbocycles. The first-order valence-electron chi connectivity index (χ1n) is 9.85. The maximum Gasteiger partial charge on any atom is 0.417 e. The molecule has 2 aliphatic rings. The highest BCUT2D eigenvalue weighted by Gasteiger charge is 2.39. The standard InChI is InChI=1S/C21H18ClF3N4O3S/c1-10-2-5-16(18(30)27-10)29-8-12-13(19(29)31)9-33-17(12)7-26-20(32)28-11-3-4-14(15(22)6-11)21(23,24)25/h3-4,6,9,16H,1-2,5,7-8H2,(H,27,30)(H2,26,28,32). The number of rotatable bonds is 4. The number of alkyl halides is 3. The van der Waals surface area contributed by atoms with E-state index < -0.39 is 28.8 Å². The summed E-state index contributed by atoms with van der Waals surface area (Å²) in [7, 11) is 0. The highest BCUT2D eigenvalue weighted by atomic mass is 35.5. The van der Waals surface area contributed by atoms with E-state index in [0.717, 1.165) is 28.6 Å². The average molecular weight is 499 g/mol. The molecule has 1 saturated heterocycles. The smallest absolute Gasteiger partial charge is 0.333 e. The lowest BCUT2D eigenvalue weighted by molar-refractivity contribution is -0.137. The van der Waals surface area contributed by atoms with E-state index in [0.29, 0.717) is 24.1 Å². The summed E-state index contributed by atoms with van der Waals surface area (Å²) in [6.45, 7) is 4.11. The highest BCUT2D eigenvalue weighted by molar-refractivity contribution is 7.10. The van der Waals surface area contributed by atoms with E-state index in [2.05, 4.69) is 22.5 Å². The van der Waals surface area contributed by atoms with Gasteiger partial charge in [0.15, 0.2) is 0 Å². The number of carbonyl (C=O) groups excluding carboxylic acids is 3. The number of fused-ring (bicyclic) bond motifs is 1. The minimum atomic E-state index is -4.59. The summed E-state index contributed by atoms with van der Waals surface area (Å²) in [5, 5.41) is 8.91. The first kappa shape index (κ1) is 23.1. The predicted molar refractivity (Wildman–Crippen MR) is 117 cm³/mol. The molecule has 4 rings (SSSR count). The van der Waals surface area contributed by atoms with Gasteiger partial charge in [-0.1, -0.05) is 18.2 Å². The maximum absolute atomic E-state index is 12.8. The first-order valence-corrected chi connectivity index (χ1v) is 11.1. The number of piperidine rings is 1. The highest BCUT2D eigenvalue weighted by Crippen LogP contribution is 2.36. The first-order chi connectivity index (χ1) is 15.5. The number of anilines is 1. The molecule has 7 nitrogen and oxygen atoms in total. The lowest BCUT2D eigenvalue weighted by Crippen LogP contribution is -2.49. The number of carbonyl (C=O) groups is 3. The topological polar surface area (TPSA) is 90.5 Å². The molecule has 174 valence electrons. The van der Waals surface area contributed by atoms with E-state index in [1.165, 1.54) is 16.2 Å². The maximum atomic E-state index is 12.8. The van der Waals surface area contributed by atoms with Crippen molar-refractivity contribution in [1.82, 2.24) is 15.5 Å². The summed E-state index contributed by atoms with van der Waals surface area (Å²) in [4.78, 5) is 39.6. The molecule has 12 heteroatoms. The van der Waals surface area contributed by atoms with E-state index in [1.807, 2.05) is 0 Å². The van der Waals surface area contributed by atoms with Crippen molar-refractivity contribution in [2.75, 3.05) is 5.32 Å². The van der Waals surface area contributed by atoms with Gasteiger partial charge in [-0.3, -0.25) is 9.59 Å². The van der Waals surface area contributed by atoms with Crippen LogP contribution in [0, 0.1) is 0 Å². The van der Waals surface area contributed by atoms with Crippen LogP contribution in [0.25, 0.3) is 0 Å². The number of amides is 4. The van der Waals surface area contributed by atoms with Crippen molar-refractivity contribution >= 4 is 46.5 Å². The Morgan fingerprint density at radius 3 is 2.76 bits per heavy atom. The molecule has 0 bridgehead atoms. The Morgan fingerprint density at radius 2 is 2.09 bits per heavy atom. The monoisotopic (exact) mass is 498 g/mol. The Balaban J connectivity index is 1.38. The molecule has 1 aromatic heterocycles. The fourth-order valence-electron chi connectivity index (χ4n) is 3.79. The van der Waals surface area contributed by atoms with Gasteiger partial charge in [0.25, 0.3) is 5.91 Å². The molecule has 1 atom stereocenters. The largest absolute Gasteiger partial charge is 0.417 e. The molecule has 33 heavy (non-hydrogen) atoms. The zero-order valence-corrected chi connectivity index (χ0v) is 18.6. The molecule has 4 amide bonds. The van der Waals surface area contributed by atoms with E-state index in [9.17, 15) is 27.6 Å². The number of nitrogens with zero attached hydrogens (tertiary/aromatic N) is 1. The van der Waals surface area contributed by atoms with Gasteiger partial charge in [-0.15, -0.1) is 11.3 Å². The van der Waals surface area contributed by atoms with Crippen LogP contribution in [0.4, 0.5) is 23.7 Å². The Kier molecular flexibility index (Phi) is 6.10. The molecule has 2 aromatic rings. The van der Waals surface area contributed by atoms with Crippen LogP contribution in [0.3, 0.4) is 0 Å². The number of urea groups is 1. The number of benzene rings is 1. The summed E-state index contributed by atoms with van der Waals surface area (Å²) in [6, 6.07) is 1.71. The van der Waals surface area contributed by atoms with Gasteiger partial charge in [-0.05, 0) is 36.6 Å². The predicted octanol–water partition coefficient (Wildman–Crippen LogP) is 4.49. The van der Waals surface area contributed by atoms with Crippen molar-refractivity contribution in [1.29, 1.82) is 0 Å². The number of thiophene rings is 1. The zero-order valence-electron chi connectivity index (χ0n) is 17.0. The fraction of sp³-hybridized carbons (Fsp3) is 0.286.